The molecular formula is C9H9BrN2O3. The van der Waals surface area contributed by atoms with Gasteiger partial charge in [-0.1, -0.05) is 0 Å². The van der Waals surface area contributed by atoms with Gasteiger partial charge in [-0.3, -0.25) is 19.9 Å². The van der Waals surface area contributed by atoms with E-state index in [1.54, 1.807) is 6.92 Å². The van der Waals surface area contributed by atoms with Crippen molar-refractivity contribution in [2.24, 2.45) is 0 Å². The average Bonchev–Trinajstić information content (AvgIpc) is 2.16. The van der Waals surface area contributed by atoms with Crippen LogP contribution in [-0.4, -0.2) is 15.7 Å². The predicted molar refractivity (Wildman–Crippen MR) is 57.7 cm³/mol. The number of carbonyl (C=O) groups is 1. The Morgan fingerprint density at radius 1 is 1.67 bits per heavy atom. The maximum atomic E-state index is 11.1. The number of halogens is 1. The van der Waals surface area contributed by atoms with Gasteiger partial charge >= 0.3 is 0 Å². The highest BCUT2D eigenvalue weighted by atomic mass is 79.9. The molecule has 0 amide bonds. The summed E-state index contributed by atoms with van der Waals surface area (Å²) in [6.45, 7) is 2.99. The van der Waals surface area contributed by atoms with Gasteiger partial charge in [-0.2, -0.15) is 0 Å². The van der Waals surface area contributed by atoms with Crippen molar-refractivity contribution in [2.75, 3.05) is 0 Å². The molecule has 1 atom stereocenters. The van der Waals surface area contributed by atoms with Gasteiger partial charge in [-0.15, -0.1) is 0 Å². The molecule has 0 bridgehead atoms. The molecule has 0 aliphatic rings. The minimum absolute atomic E-state index is 0.132. The SMILES string of the molecule is CC(=O)C(C)c1ncc(Br)cc1[N+](=O)[O-]. The van der Waals surface area contributed by atoms with Gasteiger partial charge in [-0.05, 0) is 29.8 Å². The summed E-state index contributed by atoms with van der Waals surface area (Å²) in [6, 6.07) is 1.35. The number of Topliss-reactive ketones (excluding diaryl/α,β-unsaturated/α-hetero) is 1. The van der Waals surface area contributed by atoms with Crippen molar-refractivity contribution in [3.05, 3.63) is 32.5 Å². The predicted octanol–water partition coefficient (Wildman–Crippen LogP) is 2.44. The van der Waals surface area contributed by atoms with Gasteiger partial charge in [0.2, 0.25) is 0 Å². The monoisotopic (exact) mass is 272 g/mol. The van der Waals surface area contributed by atoms with Gasteiger partial charge < -0.3 is 0 Å². The molecule has 0 N–H and O–H groups in total. The molecular weight excluding hydrogens is 264 g/mol. The molecule has 0 fully saturated rings. The van der Waals surface area contributed by atoms with Crippen molar-refractivity contribution >= 4 is 27.4 Å². The first-order valence-corrected chi connectivity index (χ1v) is 5.03. The molecule has 0 aromatic carbocycles. The molecule has 0 aliphatic heterocycles. The van der Waals surface area contributed by atoms with E-state index < -0.39 is 10.8 Å². The lowest BCUT2D eigenvalue weighted by Crippen LogP contribution is -2.09. The standard InChI is InChI=1S/C9H9BrN2O3/c1-5(6(2)13)9-8(12(14)15)3-7(10)4-11-9/h3-5H,1-2H3. The lowest BCUT2D eigenvalue weighted by molar-refractivity contribution is -0.386. The van der Waals surface area contributed by atoms with Crippen molar-refractivity contribution in [1.82, 2.24) is 4.98 Å². The van der Waals surface area contributed by atoms with E-state index >= 15 is 0 Å². The molecule has 0 spiro atoms. The van der Waals surface area contributed by atoms with Crippen molar-refractivity contribution in [3.8, 4) is 0 Å². The summed E-state index contributed by atoms with van der Waals surface area (Å²) in [5.41, 5.74) is 0.0720. The smallest absolute Gasteiger partial charge is 0.292 e. The number of rotatable bonds is 3. The van der Waals surface area contributed by atoms with E-state index in [-0.39, 0.29) is 17.2 Å². The fourth-order valence-electron chi connectivity index (χ4n) is 1.11. The van der Waals surface area contributed by atoms with Crippen LogP contribution in [0, 0.1) is 10.1 Å². The lowest BCUT2D eigenvalue weighted by atomic mass is 10.0. The summed E-state index contributed by atoms with van der Waals surface area (Å²) in [5.74, 6) is -0.702. The molecule has 5 nitrogen and oxygen atoms in total. The molecule has 0 aliphatic carbocycles. The summed E-state index contributed by atoms with van der Waals surface area (Å²) in [4.78, 5) is 25.2. The number of aromatic nitrogens is 1. The van der Waals surface area contributed by atoms with Crippen LogP contribution in [0.4, 0.5) is 5.69 Å². The molecule has 0 radical (unpaired) electrons. The Kier molecular flexibility index (Phi) is 3.52. The number of ketones is 1. The highest BCUT2D eigenvalue weighted by Gasteiger charge is 2.23. The van der Waals surface area contributed by atoms with Crippen LogP contribution in [0.2, 0.25) is 0 Å². The summed E-state index contributed by atoms with van der Waals surface area (Å²) in [5, 5.41) is 10.7. The van der Waals surface area contributed by atoms with Crippen LogP contribution in [0.5, 0.6) is 0 Å². The molecule has 6 heteroatoms. The summed E-state index contributed by atoms with van der Waals surface area (Å²) in [7, 11) is 0. The van der Waals surface area contributed by atoms with Crippen LogP contribution < -0.4 is 0 Å². The molecule has 1 rings (SSSR count). The highest BCUT2D eigenvalue weighted by molar-refractivity contribution is 9.10. The molecule has 0 saturated carbocycles. The average molecular weight is 273 g/mol. The lowest BCUT2D eigenvalue weighted by Gasteiger charge is -2.07. The fraction of sp³-hybridized carbons (Fsp3) is 0.333. The molecule has 1 aromatic rings. The van der Waals surface area contributed by atoms with E-state index in [1.165, 1.54) is 19.2 Å². The zero-order valence-corrected chi connectivity index (χ0v) is 9.82. The Morgan fingerprint density at radius 2 is 2.27 bits per heavy atom. The van der Waals surface area contributed by atoms with E-state index in [1.807, 2.05) is 0 Å². The van der Waals surface area contributed by atoms with Crippen molar-refractivity contribution in [1.29, 1.82) is 0 Å². The summed E-state index contributed by atoms with van der Waals surface area (Å²) < 4.78 is 0.522. The molecule has 15 heavy (non-hydrogen) atoms. The molecule has 1 aromatic heterocycles. The van der Waals surface area contributed by atoms with Crippen LogP contribution in [-0.2, 0) is 4.79 Å². The topological polar surface area (TPSA) is 73.1 Å². The maximum absolute atomic E-state index is 11.1. The third kappa shape index (κ3) is 2.59. The van der Waals surface area contributed by atoms with E-state index in [9.17, 15) is 14.9 Å². The Hall–Kier alpha value is -1.30. The Morgan fingerprint density at radius 3 is 2.73 bits per heavy atom. The zero-order chi connectivity index (χ0) is 11.6. The van der Waals surface area contributed by atoms with Crippen LogP contribution in [0.25, 0.3) is 0 Å². The zero-order valence-electron chi connectivity index (χ0n) is 8.23. The number of hydrogen-bond donors (Lipinski definition) is 0. The first kappa shape index (κ1) is 11.8. The van der Waals surface area contributed by atoms with Crippen LogP contribution in [0.3, 0.4) is 0 Å². The van der Waals surface area contributed by atoms with Crippen LogP contribution in [0.1, 0.15) is 25.5 Å². The Bertz CT molecular complexity index is 420. The largest absolute Gasteiger partial charge is 0.299 e. The Balaban J connectivity index is 3.28. The van der Waals surface area contributed by atoms with Gasteiger partial charge in [0, 0.05) is 16.7 Å². The minimum atomic E-state index is -0.557. The normalized spacial score (nSPS) is 12.2. The van der Waals surface area contributed by atoms with Crippen LogP contribution >= 0.6 is 15.9 Å². The second-order valence-electron chi connectivity index (χ2n) is 3.15. The molecule has 80 valence electrons. The number of pyridine rings is 1. The first-order chi connectivity index (χ1) is 6.93. The third-order valence-electron chi connectivity index (χ3n) is 2.08. The quantitative estimate of drug-likeness (QED) is 0.626. The first-order valence-electron chi connectivity index (χ1n) is 4.23. The van der Waals surface area contributed by atoms with E-state index in [4.69, 9.17) is 0 Å². The van der Waals surface area contributed by atoms with Crippen molar-refractivity contribution < 1.29 is 9.72 Å². The van der Waals surface area contributed by atoms with E-state index in [0.29, 0.717) is 4.47 Å². The van der Waals surface area contributed by atoms with Gasteiger partial charge in [0.25, 0.3) is 5.69 Å². The second kappa shape index (κ2) is 4.48. The second-order valence-corrected chi connectivity index (χ2v) is 4.06. The van der Waals surface area contributed by atoms with Gasteiger partial charge in [0.1, 0.15) is 11.5 Å². The molecule has 1 unspecified atom stereocenters. The van der Waals surface area contributed by atoms with Gasteiger partial charge in [-0.25, -0.2) is 0 Å². The van der Waals surface area contributed by atoms with Crippen LogP contribution in [0.15, 0.2) is 16.7 Å². The summed E-state index contributed by atoms with van der Waals surface area (Å²) in [6.07, 6.45) is 1.45. The van der Waals surface area contributed by atoms with E-state index in [0.717, 1.165) is 0 Å². The number of nitro groups is 1. The maximum Gasteiger partial charge on any atom is 0.292 e. The number of nitrogens with zero attached hydrogens (tertiary/aromatic N) is 2. The van der Waals surface area contributed by atoms with E-state index in [2.05, 4.69) is 20.9 Å². The molecule has 0 saturated heterocycles. The summed E-state index contributed by atoms with van der Waals surface area (Å²) >= 11 is 3.10. The van der Waals surface area contributed by atoms with Gasteiger partial charge in [0.15, 0.2) is 0 Å². The van der Waals surface area contributed by atoms with Gasteiger partial charge in [0.05, 0.1) is 10.8 Å². The minimum Gasteiger partial charge on any atom is -0.299 e. The van der Waals surface area contributed by atoms with Crippen molar-refractivity contribution in [2.45, 2.75) is 19.8 Å². The molecule has 1 heterocycles. The third-order valence-corrected chi connectivity index (χ3v) is 2.51. The Labute approximate surface area is 94.8 Å². The van der Waals surface area contributed by atoms with Crippen molar-refractivity contribution in [3.63, 3.8) is 0 Å². The fourth-order valence-corrected chi connectivity index (χ4v) is 1.43. The number of carbonyl (C=O) groups excluding carboxylic acids is 1. The highest BCUT2D eigenvalue weighted by Crippen LogP contribution is 2.27. The number of hydrogen-bond acceptors (Lipinski definition) is 4.